The molecule has 1 aromatic carbocycles. The van der Waals surface area contributed by atoms with E-state index in [-0.39, 0.29) is 0 Å². The van der Waals surface area contributed by atoms with Gasteiger partial charge in [-0.1, -0.05) is 33.3 Å². The van der Waals surface area contributed by atoms with E-state index in [1.54, 1.807) is 0 Å². The molecule has 0 saturated carbocycles. The molecule has 0 bridgehead atoms. The predicted molar refractivity (Wildman–Crippen MR) is 86.0 cm³/mol. The minimum atomic E-state index is 0.402. The summed E-state index contributed by atoms with van der Waals surface area (Å²) in [6.45, 7) is 11.1. The van der Waals surface area contributed by atoms with Gasteiger partial charge in [0.2, 0.25) is 0 Å². The second-order valence-electron chi connectivity index (χ2n) is 5.55. The lowest BCUT2D eigenvalue weighted by molar-refractivity contribution is 0.192. The molecule has 3 nitrogen and oxygen atoms in total. The van der Waals surface area contributed by atoms with Crippen LogP contribution in [0.15, 0.2) is 18.2 Å². The van der Waals surface area contributed by atoms with Gasteiger partial charge in [0.1, 0.15) is 5.82 Å². The molecule has 1 unspecified atom stereocenters. The van der Waals surface area contributed by atoms with Crippen molar-refractivity contribution < 1.29 is 0 Å². The molecule has 0 spiro atoms. The number of aryl methyl sites for hydroxylation is 1. The molecule has 0 fully saturated rings. The molecule has 110 valence electrons. The molecule has 2 rings (SSSR count). The fraction of sp³-hybridized carbons (Fsp3) is 0.588. The van der Waals surface area contributed by atoms with Gasteiger partial charge < -0.3 is 4.98 Å². The van der Waals surface area contributed by atoms with Crippen LogP contribution in [0.25, 0.3) is 11.0 Å². The highest BCUT2D eigenvalue weighted by atomic mass is 15.2. The largest absolute Gasteiger partial charge is 0.341 e. The van der Waals surface area contributed by atoms with Crippen LogP contribution in [0.1, 0.15) is 57.5 Å². The number of hydrogen-bond donors (Lipinski definition) is 1. The molecule has 0 saturated heterocycles. The van der Waals surface area contributed by atoms with Crippen molar-refractivity contribution in [2.45, 2.75) is 53.0 Å². The summed E-state index contributed by atoms with van der Waals surface area (Å²) in [6.07, 6.45) is 3.59. The zero-order chi connectivity index (χ0) is 14.5. The number of aromatic nitrogens is 2. The monoisotopic (exact) mass is 273 g/mol. The molecule has 1 heterocycles. The van der Waals surface area contributed by atoms with Gasteiger partial charge in [-0.3, -0.25) is 4.90 Å². The van der Waals surface area contributed by atoms with E-state index in [9.17, 15) is 0 Å². The Bertz CT molecular complexity index is 544. The molecule has 3 heteroatoms. The third-order valence-corrected chi connectivity index (χ3v) is 4.00. The summed E-state index contributed by atoms with van der Waals surface area (Å²) in [5.41, 5.74) is 3.51. The Balaban J connectivity index is 2.27. The van der Waals surface area contributed by atoms with Gasteiger partial charge in [0.25, 0.3) is 0 Å². The molecule has 2 aromatic rings. The van der Waals surface area contributed by atoms with Crippen LogP contribution in [0.5, 0.6) is 0 Å². The maximum absolute atomic E-state index is 4.80. The predicted octanol–water partition coefficient (Wildman–Crippen LogP) is 4.44. The maximum atomic E-state index is 4.80. The fourth-order valence-electron chi connectivity index (χ4n) is 2.82. The molecule has 0 amide bonds. The van der Waals surface area contributed by atoms with Crippen LogP contribution in [-0.4, -0.2) is 28.0 Å². The summed E-state index contributed by atoms with van der Waals surface area (Å²) >= 11 is 0. The molecule has 0 radical (unpaired) electrons. The average Bonchev–Trinajstić information content (AvgIpc) is 2.85. The van der Waals surface area contributed by atoms with Gasteiger partial charge in [0.05, 0.1) is 17.1 Å². The van der Waals surface area contributed by atoms with Crippen LogP contribution in [0, 0.1) is 6.92 Å². The standard InChI is InChI=1S/C17H27N3/c1-5-8-11-20(7-3)16(6-2)17-18-14-10-9-13(4)12-15(14)19-17/h9-10,12,16H,5-8,11H2,1-4H3,(H,18,19). The summed E-state index contributed by atoms with van der Waals surface area (Å²) in [4.78, 5) is 10.9. The molecular formula is C17H27N3. The van der Waals surface area contributed by atoms with E-state index in [2.05, 4.69) is 55.8 Å². The average molecular weight is 273 g/mol. The first-order valence-corrected chi connectivity index (χ1v) is 7.89. The highest BCUT2D eigenvalue weighted by molar-refractivity contribution is 5.75. The van der Waals surface area contributed by atoms with E-state index in [0.29, 0.717) is 6.04 Å². The van der Waals surface area contributed by atoms with E-state index in [0.717, 1.165) is 36.4 Å². The van der Waals surface area contributed by atoms with Crippen molar-refractivity contribution in [1.82, 2.24) is 14.9 Å². The van der Waals surface area contributed by atoms with Crippen molar-refractivity contribution >= 4 is 11.0 Å². The second kappa shape index (κ2) is 6.89. The van der Waals surface area contributed by atoms with Crippen molar-refractivity contribution in [3.8, 4) is 0 Å². The molecule has 1 aromatic heterocycles. The highest BCUT2D eigenvalue weighted by Crippen LogP contribution is 2.25. The summed E-state index contributed by atoms with van der Waals surface area (Å²) in [5, 5.41) is 0. The Kier molecular flexibility index (Phi) is 5.18. The minimum absolute atomic E-state index is 0.402. The van der Waals surface area contributed by atoms with Gasteiger partial charge in [0.15, 0.2) is 0 Å². The SMILES string of the molecule is CCCCN(CC)C(CC)c1nc2ccc(C)cc2[nH]1. The van der Waals surface area contributed by atoms with E-state index < -0.39 is 0 Å². The molecule has 20 heavy (non-hydrogen) atoms. The number of nitrogens with zero attached hydrogens (tertiary/aromatic N) is 2. The summed E-state index contributed by atoms with van der Waals surface area (Å²) in [6, 6.07) is 6.82. The van der Waals surface area contributed by atoms with Gasteiger partial charge in [-0.05, 0) is 50.6 Å². The van der Waals surface area contributed by atoms with E-state index in [4.69, 9.17) is 4.98 Å². The van der Waals surface area contributed by atoms with Gasteiger partial charge in [0, 0.05) is 0 Å². The number of imidazole rings is 1. The molecule has 0 aliphatic rings. The number of hydrogen-bond acceptors (Lipinski definition) is 2. The Labute approximate surface area is 122 Å². The van der Waals surface area contributed by atoms with Crippen molar-refractivity contribution in [2.24, 2.45) is 0 Å². The van der Waals surface area contributed by atoms with Crippen LogP contribution >= 0.6 is 0 Å². The minimum Gasteiger partial charge on any atom is -0.341 e. The van der Waals surface area contributed by atoms with Crippen molar-refractivity contribution in [2.75, 3.05) is 13.1 Å². The first kappa shape index (κ1) is 15.0. The zero-order valence-electron chi connectivity index (χ0n) is 13.2. The molecular weight excluding hydrogens is 246 g/mol. The first-order valence-electron chi connectivity index (χ1n) is 7.89. The zero-order valence-corrected chi connectivity index (χ0v) is 13.2. The Morgan fingerprint density at radius 3 is 2.70 bits per heavy atom. The Hall–Kier alpha value is -1.35. The number of fused-ring (bicyclic) bond motifs is 1. The quantitative estimate of drug-likeness (QED) is 0.808. The number of aromatic amines is 1. The topological polar surface area (TPSA) is 31.9 Å². The maximum Gasteiger partial charge on any atom is 0.124 e. The van der Waals surface area contributed by atoms with E-state index in [1.165, 1.54) is 18.4 Å². The first-order chi connectivity index (χ1) is 9.69. The third-order valence-electron chi connectivity index (χ3n) is 4.00. The number of nitrogens with one attached hydrogen (secondary N) is 1. The van der Waals surface area contributed by atoms with Crippen molar-refractivity contribution in [3.05, 3.63) is 29.6 Å². The Morgan fingerprint density at radius 2 is 2.05 bits per heavy atom. The normalized spacial score (nSPS) is 13.2. The van der Waals surface area contributed by atoms with Crippen LogP contribution in [0.4, 0.5) is 0 Å². The summed E-state index contributed by atoms with van der Waals surface area (Å²) < 4.78 is 0. The third kappa shape index (κ3) is 3.21. The van der Waals surface area contributed by atoms with Crippen LogP contribution < -0.4 is 0 Å². The van der Waals surface area contributed by atoms with Crippen molar-refractivity contribution in [1.29, 1.82) is 0 Å². The number of rotatable bonds is 7. The fourth-order valence-corrected chi connectivity index (χ4v) is 2.82. The lowest BCUT2D eigenvalue weighted by Gasteiger charge is -2.28. The van der Waals surface area contributed by atoms with Gasteiger partial charge >= 0.3 is 0 Å². The van der Waals surface area contributed by atoms with E-state index >= 15 is 0 Å². The van der Waals surface area contributed by atoms with Gasteiger partial charge in [-0.25, -0.2) is 4.98 Å². The molecule has 0 aliphatic carbocycles. The van der Waals surface area contributed by atoms with E-state index in [1.807, 2.05) is 0 Å². The lowest BCUT2D eigenvalue weighted by atomic mass is 10.1. The molecule has 1 atom stereocenters. The van der Waals surface area contributed by atoms with Crippen LogP contribution in [-0.2, 0) is 0 Å². The van der Waals surface area contributed by atoms with Gasteiger partial charge in [-0.2, -0.15) is 0 Å². The molecule has 1 N–H and O–H groups in total. The number of benzene rings is 1. The summed E-state index contributed by atoms with van der Waals surface area (Å²) in [5.74, 6) is 1.12. The second-order valence-corrected chi connectivity index (χ2v) is 5.55. The number of unbranched alkanes of at least 4 members (excludes halogenated alkanes) is 1. The molecule has 0 aliphatic heterocycles. The van der Waals surface area contributed by atoms with Gasteiger partial charge in [-0.15, -0.1) is 0 Å². The van der Waals surface area contributed by atoms with Crippen LogP contribution in [0.3, 0.4) is 0 Å². The Morgan fingerprint density at radius 1 is 1.25 bits per heavy atom. The summed E-state index contributed by atoms with van der Waals surface area (Å²) in [7, 11) is 0. The smallest absolute Gasteiger partial charge is 0.124 e. The van der Waals surface area contributed by atoms with Crippen LogP contribution in [0.2, 0.25) is 0 Å². The number of H-pyrrole nitrogens is 1. The van der Waals surface area contributed by atoms with Crippen molar-refractivity contribution in [3.63, 3.8) is 0 Å². The highest BCUT2D eigenvalue weighted by Gasteiger charge is 2.20. The lowest BCUT2D eigenvalue weighted by Crippen LogP contribution is -2.30.